The van der Waals surface area contributed by atoms with Gasteiger partial charge in [-0.05, 0) is 18.6 Å². The Hall–Kier alpha value is -2.71. The zero-order valence-corrected chi connectivity index (χ0v) is 14.2. The number of piperidine rings is 1. The van der Waals surface area contributed by atoms with Gasteiger partial charge in [0.1, 0.15) is 17.7 Å². The molecule has 26 heavy (non-hydrogen) atoms. The Balaban J connectivity index is 1.78. The molecule has 3 amide bonds. The van der Waals surface area contributed by atoms with Gasteiger partial charge >= 0.3 is 6.09 Å². The van der Waals surface area contributed by atoms with Gasteiger partial charge in [-0.15, -0.1) is 0 Å². The molecule has 2 aliphatic rings. The van der Waals surface area contributed by atoms with Crippen LogP contribution < -0.4 is 15.5 Å². The van der Waals surface area contributed by atoms with Crippen LogP contribution in [0.15, 0.2) is 12.1 Å². The molecule has 2 N–H and O–H groups in total. The van der Waals surface area contributed by atoms with Gasteiger partial charge in [0.25, 0.3) is 0 Å². The Labute approximate surface area is 148 Å². The Bertz CT molecular complexity index is 733. The molecular weight excluding hydrogens is 348 g/mol. The summed E-state index contributed by atoms with van der Waals surface area (Å²) in [6.45, 7) is 1.90. The van der Waals surface area contributed by atoms with Crippen LogP contribution >= 0.6 is 0 Å². The highest BCUT2D eigenvalue weighted by Gasteiger charge is 2.34. The lowest BCUT2D eigenvalue weighted by Crippen LogP contribution is -2.34. The van der Waals surface area contributed by atoms with Crippen LogP contribution in [0.25, 0.3) is 0 Å². The fraction of sp³-hybridized carbons (Fsp3) is 0.471. The molecular formula is C17H19F2N3O4. The van der Waals surface area contributed by atoms with E-state index in [1.165, 1.54) is 6.92 Å². The number of nitrogens with one attached hydrogen (secondary N) is 2. The van der Waals surface area contributed by atoms with E-state index < -0.39 is 29.7 Å². The standard InChI is InChI=1S/C17H19F2N3O4/c1-9(23)21-7-12-8-22(17(25)26-12)11-5-13(18)16(14(19)6-11)10-2-3-20-15(24)4-10/h5-6,10,12H,2-4,7-8H2,1H3,(H,20,24)(H,21,23)/t10?,12-/m0/s1. The van der Waals surface area contributed by atoms with Crippen molar-refractivity contribution in [3.05, 3.63) is 29.3 Å². The SMILES string of the molecule is CC(=O)NC[C@H]1CN(c2cc(F)c(C3CCNC(=O)C3)c(F)c2)C(=O)O1. The van der Waals surface area contributed by atoms with Gasteiger partial charge < -0.3 is 15.4 Å². The molecule has 0 spiro atoms. The minimum Gasteiger partial charge on any atom is -0.442 e. The summed E-state index contributed by atoms with van der Waals surface area (Å²) >= 11 is 0. The topological polar surface area (TPSA) is 87.7 Å². The molecule has 1 aromatic rings. The van der Waals surface area contributed by atoms with Crippen LogP contribution in [0.2, 0.25) is 0 Å². The zero-order valence-electron chi connectivity index (χ0n) is 14.2. The van der Waals surface area contributed by atoms with E-state index >= 15 is 0 Å². The van der Waals surface area contributed by atoms with Gasteiger partial charge in [0.05, 0.1) is 18.8 Å². The second-order valence-electron chi connectivity index (χ2n) is 6.42. The summed E-state index contributed by atoms with van der Waals surface area (Å²) in [5, 5.41) is 5.15. The van der Waals surface area contributed by atoms with Crippen LogP contribution in [-0.2, 0) is 14.3 Å². The molecule has 0 aliphatic carbocycles. The van der Waals surface area contributed by atoms with E-state index in [4.69, 9.17) is 4.74 Å². The fourth-order valence-corrected chi connectivity index (χ4v) is 3.24. The van der Waals surface area contributed by atoms with Gasteiger partial charge in [-0.3, -0.25) is 14.5 Å². The molecule has 3 rings (SSSR count). The number of hydrogen-bond acceptors (Lipinski definition) is 4. The minimum atomic E-state index is -0.794. The maximum absolute atomic E-state index is 14.5. The first-order valence-corrected chi connectivity index (χ1v) is 8.33. The summed E-state index contributed by atoms with van der Waals surface area (Å²) in [7, 11) is 0. The highest BCUT2D eigenvalue weighted by atomic mass is 19.1. The van der Waals surface area contributed by atoms with Crippen LogP contribution in [0.5, 0.6) is 0 Å². The summed E-state index contributed by atoms with van der Waals surface area (Å²) in [5.41, 5.74) is -0.0923. The van der Waals surface area contributed by atoms with Crippen molar-refractivity contribution >= 4 is 23.6 Å². The molecule has 2 fully saturated rings. The van der Waals surface area contributed by atoms with Crippen molar-refractivity contribution in [3.8, 4) is 0 Å². The molecule has 2 saturated heterocycles. The molecule has 2 atom stereocenters. The van der Waals surface area contributed by atoms with Crippen LogP contribution in [0.4, 0.5) is 19.3 Å². The lowest BCUT2D eigenvalue weighted by molar-refractivity contribution is -0.122. The van der Waals surface area contributed by atoms with Crippen molar-refractivity contribution in [1.82, 2.24) is 10.6 Å². The van der Waals surface area contributed by atoms with Crippen LogP contribution in [0, 0.1) is 11.6 Å². The van der Waals surface area contributed by atoms with E-state index in [-0.39, 0.29) is 42.6 Å². The number of halogens is 2. The maximum atomic E-state index is 14.5. The predicted octanol–water partition coefficient (Wildman–Crippen LogP) is 1.42. The molecule has 0 bridgehead atoms. The number of amides is 3. The van der Waals surface area contributed by atoms with E-state index in [1.54, 1.807) is 0 Å². The Morgan fingerprint density at radius 2 is 2.04 bits per heavy atom. The Morgan fingerprint density at radius 3 is 2.65 bits per heavy atom. The summed E-state index contributed by atoms with van der Waals surface area (Å²) < 4.78 is 34.2. The van der Waals surface area contributed by atoms with Gasteiger partial charge in [-0.25, -0.2) is 13.6 Å². The number of benzene rings is 1. The first kappa shape index (κ1) is 18.1. The third-order valence-electron chi connectivity index (χ3n) is 4.48. The third kappa shape index (κ3) is 3.76. The maximum Gasteiger partial charge on any atom is 0.414 e. The second kappa shape index (κ2) is 7.27. The number of rotatable bonds is 4. The van der Waals surface area contributed by atoms with Crippen molar-refractivity contribution in [1.29, 1.82) is 0 Å². The lowest BCUT2D eigenvalue weighted by atomic mass is 9.89. The van der Waals surface area contributed by atoms with E-state index in [1.807, 2.05) is 0 Å². The molecule has 1 aromatic carbocycles. The highest BCUT2D eigenvalue weighted by molar-refractivity contribution is 5.90. The summed E-state index contributed by atoms with van der Waals surface area (Å²) in [6, 6.07) is 2.15. The zero-order chi connectivity index (χ0) is 18.8. The quantitative estimate of drug-likeness (QED) is 0.843. The highest BCUT2D eigenvalue weighted by Crippen LogP contribution is 2.33. The van der Waals surface area contributed by atoms with Crippen molar-refractivity contribution in [2.24, 2.45) is 0 Å². The summed E-state index contributed by atoms with van der Waals surface area (Å²) in [4.78, 5) is 35.5. The minimum absolute atomic E-state index is 0.0255. The first-order chi connectivity index (χ1) is 12.3. The van der Waals surface area contributed by atoms with Crippen molar-refractivity contribution in [3.63, 3.8) is 0 Å². The van der Waals surface area contributed by atoms with Crippen LogP contribution in [0.3, 0.4) is 0 Å². The summed E-state index contributed by atoms with van der Waals surface area (Å²) in [5.74, 6) is -2.63. The molecule has 0 saturated carbocycles. The Kier molecular flexibility index (Phi) is 5.06. The molecule has 1 unspecified atom stereocenters. The number of hydrogen-bond donors (Lipinski definition) is 2. The van der Waals surface area contributed by atoms with E-state index in [0.717, 1.165) is 17.0 Å². The van der Waals surface area contributed by atoms with Gasteiger partial charge in [0.2, 0.25) is 11.8 Å². The van der Waals surface area contributed by atoms with Crippen molar-refractivity contribution in [2.75, 3.05) is 24.5 Å². The van der Waals surface area contributed by atoms with Gasteiger partial charge in [0, 0.05) is 31.4 Å². The number of cyclic esters (lactones) is 1. The number of carbonyl (C=O) groups is 3. The average molecular weight is 367 g/mol. The fourth-order valence-electron chi connectivity index (χ4n) is 3.24. The Morgan fingerprint density at radius 1 is 1.35 bits per heavy atom. The van der Waals surface area contributed by atoms with E-state index in [0.29, 0.717) is 13.0 Å². The molecule has 140 valence electrons. The van der Waals surface area contributed by atoms with Crippen LogP contribution in [0.1, 0.15) is 31.2 Å². The number of ether oxygens (including phenoxy) is 1. The third-order valence-corrected chi connectivity index (χ3v) is 4.48. The van der Waals surface area contributed by atoms with Crippen molar-refractivity contribution in [2.45, 2.75) is 31.8 Å². The molecule has 2 heterocycles. The molecule has 0 aromatic heterocycles. The average Bonchev–Trinajstić information content (AvgIpc) is 2.93. The normalized spacial score (nSPS) is 22.8. The number of carbonyl (C=O) groups excluding carboxylic acids is 3. The van der Waals surface area contributed by atoms with E-state index in [2.05, 4.69) is 10.6 Å². The van der Waals surface area contributed by atoms with Crippen LogP contribution in [-0.4, -0.2) is 43.6 Å². The number of nitrogens with zero attached hydrogens (tertiary/aromatic N) is 1. The van der Waals surface area contributed by atoms with Gasteiger partial charge in [-0.2, -0.15) is 0 Å². The summed E-state index contributed by atoms with van der Waals surface area (Å²) in [6.07, 6.45) is -0.857. The smallest absolute Gasteiger partial charge is 0.414 e. The first-order valence-electron chi connectivity index (χ1n) is 8.33. The molecule has 9 heteroatoms. The lowest BCUT2D eigenvalue weighted by Gasteiger charge is -2.24. The molecule has 0 radical (unpaired) electrons. The largest absolute Gasteiger partial charge is 0.442 e. The predicted molar refractivity (Wildman–Crippen MR) is 87.6 cm³/mol. The van der Waals surface area contributed by atoms with Gasteiger partial charge in [0.15, 0.2) is 0 Å². The van der Waals surface area contributed by atoms with Gasteiger partial charge in [-0.1, -0.05) is 0 Å². The molecule has 7 nitrogen and oxygen atoms in total. The number of anilines is 1. The monoisotopic (exact) mass is 367 g/mol. The van der Waals surface area contributed by atoms with E-state index in [9.17, 15) is 23.2 Å². The second-order valence-corrected chi connectivity index (χ2v) is 6.42. The van der Waals surface area contributed by atoms with Crippen molar-refractivity contribution < 1.29 is 27.9 Å². The molecule has 2 aliphatic heterocycles.